The van der Waals surface area contributed by atoms with Crippen molar-refractivity contribution in [2.24, 2.45) is 0 Å². The number of aryl methyl sites for hydroxylation is 1. The molecule has 3 rings (SSSR count). The number of nitrogen functional groups attached to an aromatic ring is 1. The van der Waals surface area contributed by atoms with Gasteiger partial charge in [-0.2, -0.15) is 0 Å². The van der Waals surface area contributed by atoms with Gasteiger partial charge in [-0.15, -0.1) is 0 Å². The van der Waals surface area contributed by atoms with Crippen molar-refractivity contribution in [2.75, 3.05) is 5.73 Å². The van der Waals surface area contributed by atoms with Crippen molar-refractivity contribution in [3.05, 3.63) is 52.3 Å². The van der Waals surface area contributed by atoms with Gasteiger partial charge < -0.3 is 5.73 Å². The van der Waals surface area contributed by atoms with E-state index >= 15 is 0 Å². The summed E-state index contributed by atoms with van der Waals surface area (Å²) in [4.78, 5) is 4.33. The van der Waals surface area contributed by atoms with E-state index in [4.69, 9.17) is 5.73 Å². The topological polar surface area (TPSA) is 43.8 Å². The van der Waals surface area contributed by atoms with Crippen molar-refractivity contribution in [1.82, 2.24) is 9.55 Å². The van der Waals surface area contributed by atoms with Crippen molar-refractivity contribution >= 4 is 32.7 Å². The number of imidazole rings is 1. The highest BCUT2D eigenvalue weighted by Gasteiger charge is 2.15. The van der Waals surface area contributed by atoms with E-state index in [0.717, 1.165) is 12.1 Å². The highest BCUT2D eigenvalue weighted by molar-refractivity contribution is 9.10. The quantitative estimate of drug-likeness (QED) is 0.539. The number of anilines is 1. The smallest absolute Gasteiger partial charge is 0.148 e. The van der Waals surface area contributed by atoms with Crippen LogP contribution in [0.5, 0.6) is 0 Å². The maximum absolute atomic E-state index is 14.1. The van der Waals surface area contributed by atoms with Crippen LogP contribution in [0.1, 0.15) is 5.82 Å². The van der Waals surface area contributed by atoms with Crippen LogP contribution >= 0.6 is 15.9 Å². The average molecular weight is 338 g/mol. The summed E-state index contributed by atoms with van der Waals surface area (Å²) in [5, 5.41) is 0. The molecule has 2 N–H and O–H groups in total. The van der Waals surface area contributed by atoms with Crippen LogP contribution in [0, 0.1) is 18.6 Å². The first kappa shape index (κ1) is 13.1. The Morgan fingerprint density at radius 3 is 2.65 bits per heavy atom. The molecule has 0 saturated heterocycles. The molecule has 2 aromatic carbocycles. The third-order valence-electron chi connectivity index (χ3n) is 3.08. The van der Waals surface area contributed by atoms with Crippen molar-refractivity contribution < 1.29 is 8.78 Å². The van der Waals surface area contributed by atoms with E-state index in [-0.39, 0.29) is 10.2 Å². The van der Waals surface area contributed by atoms with Crippen LogP contribution in [0.15, 0.2) is 34.8 Å². The second kappa shape index (κ2) is 4.56. The molecule has 1 aromatic heterocycles. The van der Waals surface area contributed by atoms with Crippen molar-refractivity contribution in [2.45, 2.75) is 6.92 Å². The number of benzene rings is 2. The summed E-state index contributed by atoms with van der Waals surface area (Å²) in [6.45, 7) is 1.73. The second-order valence-electron chi connectivity index (χ2n) is 4.46. The Morgan fingerprint density at radius 2 is 1.90 bits per heavy atom. The largest absolute Gasteiger partial charge is 0.399 e. The molecule has 102 valence electrons. The number of hydrogen-bond acceptors (Lipinski definition) is 2. The lowest BCUT2D eigenvalue weighted by Crippen LogP contribution is -2.01. The van der Waals surface area contributed by atoms with Crippen LogP contribution in [-0.2, 0) is 0 Å². The van der Waals surface area contributed by atoms with Gasteiger partial charge >= 0.3 is 0 Å². The lowest BCUT2D eigenvalue weighted by atomic mass is 10.2. The molecule has 1 heterocycles. The number of hydrogen-bond donors (Lipinski definition) is 1. The Labute approximate surface area is 122 Å². The molecule has 0 bridgehead atoms. The van der Waals surface area contributed by atoms with Gasteiger partial charge in [-0.1, -0.05) is 0 Å². The molecule has 20 heavy (non-hydrogen) atoms. The van der Waals surface area contributed by atoms with Crippen molar-refractivity contribution in [3.63, 3.8) is 0 Å². The van der Waals surface area contributed by atoms with Gasteiger partial charge in [0.1, 0.15) is 17.5 Å². The zero-order valence-electron chi connectivity index (χ0n) is 10.5. The van der Waals surface area contributed by atoms with Crippen LogP contribution in [0.3, 0.4) is 0 Å². The summed E-state index contributed by atoms with van der Waals surface area (Å²) in [7, 11) is 0. The summed E-state index contributed by atoms with van der Waals surface area (Å²) >= 11 is 2.96. The van der Waals surface area contributed by atoms with Gasteiger partial charge in [0.15, 0.2) is 0 Å². The number of halogens is 3. The lowest BCUT2D eigenvalue weighted by molar-refractivity contribution is 0.587. The van der Waals surface area contributed by atoms with Gasteiger partial charge in [0.25, 0.3) is 0 Å². The van der Waals surface area contributed by atoms with Crippen molar-refractivity contribution in [1.29, 1.82) is 0 Å². The number of nitrogens with zero attached hydrogens (tertiary/aromatic N) is 2. The number of fused-ring (bicyclic) bond motifs is 1. The Hall–Kier alpha value is -1.95. The van der Waals surface area contributed by atoms with Gasteiger partial charge in [0.05, 0.1) is 21.2 Å². The summed E-state index contributed by atoms with van der Waals surface area (Å²) in [5.74, 6) is -0.498. The Kier molecular flexibility index (Phi) is 2.97. The lowest BCUT2D eigenvalue weighted by Gasteiger charge is -2.09. The highest BCUT2D eigenvalue weighted by atomic mass is 79.9. The molecule has 0 atom stereocenters. The van der Waals surface area contributed by atoms with E-state index in [1.54, 1.807) is 29.7 Å². The maximum Gasteiger partial charge on any atom is 0.148 e. The van der Waals surface area contributed by atoms with Gasteiger partial charge in [-0.3, -0.25) is 4.57 Å². The van der Waals surface area contributed by atoms with Crippen LogP contribution < -0.4 is 5.73 Å². The van der Waals surface area contributed by atoms with Crippen molar-refractivity contribution in [3.8, 4) is 5.69 Å². The fraction of sp³-hybridized carbons (Fsp3) is 0.0714. The van der Waals surface area contributed by atoms with Gasteiger partial charge in [-0.25, -0.2) is 13.8 Å². The number of nitrogens with two attached hydrogens (primary N) is 1. The molecule has 0 radical (unpaired) electrons. The molecule has 0 aliphatic heterocycles. The predicted octanol–water partition coefficient (Wildman–Crippen LogP) is 3.96. The van der Waals surface area contributed by atoms with Crippen LogP contribution in [0.25, 0.3) is 16.7 Å². The van der Waals surface area contributed by atoms with E-state index < -0.39 is 11.6 Å². The monoisotopic (exact) mass is 337 g/mol. The normalized spacial score (nSPS) is 11.2. The first-order valence-electron chi connectivity index (χ1n) is 5.87. The summed E-state index contributed by atoms with van der Waals surface area (Å²) in [5.41, 5.74) is 7.72. The maximum atomic E-state index is 14.1. The number of rotatable bonds is 1. The number of aromatic nitrogens is 2. The molecule has 6 heteroatoms. The van der Waals surface area contributed by atoms with Crippen LogP contribution in [0.4, 0.5) is 14.5 Å². The minimum absolute atomic E-state index is 0.0880. The van der Waals surface area contributed by atoms with E-state index in [1.165, 1.54) is 0 Å². The first-order valence-corrected chi connectivity index (χ1v) is 6.66. The second-order valence-corrected chi connectivity index (χ2v) is 5.31. The molecule has 0 fully saturated rings. The molecular formula is C14H10BrF2N3. The van der Waals surface area contributed by atoms with E-state index in [2.05, 4.69) is 20.9 Å². The molecular weight excluding hydrogens is 328 g/mol. The Morgan fingerprint density at radius 1 is 1.15 bits per heavy atom. The molecule has 3 aromatic rings. The third-order valence-corrected chi connectivity index (χ3v) is 3.68. The van der Waals surface area contributed by atoms with Gasteiger partial charge in [0.2, 0.25) is 0 Å². The molecule has 0 saturated carbocycles. The molecule has 0 unspecified atom stereocenters. The fourth-order valence-corrected chi connectivity index (χ4v) is 2.52. The Balaban J connectivity index is 2.35. The average Bonchev–Trinajstić information content (AvgIpc) is 2.69. The van der Waals surface area contributed by atoms with E-state index in [1.807, 2.05) is 0 Å². The molecule has 0 aliphatic carbocycles. The first-order chi connectivity index (χ1) is 9.47. The van der Waals surface area contributed by atoms with Gasteiger partial charge in [0, 0.05) is 11.8 Å². The summed E-state index contributed by atoms with van der Waals surface area (Å²) in [6, 6.07) is 7.39. The van der Waals surface area contributed by atoms with Crippen LogP contribution in [-0.4, -0.2) is 9.55 Å². The summed E-state index contributed by atoms with van der Waals surface area (Å²) < 4.78 is 29.4. The standard InChI is InChI=1S/C14H10BrF2N3/c1-7-19-12-4-8(18)2-3-13(12)20(7)14-6-10(16)9(15)5-11(14)17/h2-6H,18H2,1H3. The molecule has 0 amide bonds. The van der Waals surface area contributed by atoms with Crippen LogP contribution in [0.2, 0.25) is 0 Å². The van der Waals surface area contributed by atoms with Gasteiger partial charge in [-0.05, 0) is 47.1 Å². The summed E-state index contributed by atoms with van der Waals surface area (Å²) in [6.07, 6.45) is 0. The van der Waals surface area contributed by atoms with E-state index in [0.29, 0.717) is 22.5 Å². The SMILES string of the molecule is Cc1nc2cc(N)ccc2n1-c1cc(F)c(Br)cc1F. The fourth-order valence-electron chi connectivity index (χ4n) is 2.21. The zero-order valence-corrected chi connectivity index (χ0v) is 12.1. The minimum Gasteiger partial charge on any atom is -0.399 e. The molecule has 0 aliphatic rings. The third kappa shape index (κ3) is 1.96. The molecule has 3 nitrogen and oxygen atoms in total. The Bertz CT molecular complexity index is 827. The van der Waals surface area contributed by atoms with E-state index in [9.17, 15) is 8.78 Å². The molecule has 0 spiro atoms. The minimum atomic E-state index is -0.530. The zero-order chi connectivity index (χ0) is 14.4. The highest BCUT2D eigenvalue weighted by Crippen LogP contribution is 2.27. The predicted molar refractivity (Wildman–Crippen MR) is 77.8 cm³/mol.